The summed E-state index contributed by atoms with van der Waals surface area (Å²) in [5, 5.41) is 57.8. The van der Waals surface area contributed by atoms with Gasteiger partial charge in [0.25, 0.3) is 5.69 Å². The summed E-state index contributed by atoms with van der Waals surface area (Å²) in [5.41, 5.74) is 1.08. The van der Waals surface area contributed by atoms with E-state index in [1.165, 1.54) is 6.07 Å². The number of rotatable bonds is 11. The van der Waals surface area contributed by atoms with E-state index in [-0.39, 0.29) is 18.8 Å². The van der Waals surface area contributed by atoms with Crippen LogP contribution in [0.4, 0.5) is 11.4 Å². The van der Waals surface area contributed by atoms with Gasteiger partial charge in [-0.2, -0.15) is 5.10 Å². The first-order valence-electron chi connectivity index (χ1n) is 10.8. The van der Waals surface area contributed by atoms with Crippen molar-refractivity contribution < 1.29 is 25.3 Å². The lowest BCUT2D eigenvalue weighted by Crippen LogP contribution is -2.62. The second kappa shape index (κ2) is 11.3. The Morgan fingerprint density at radius 2 is 1.94 bits per heavy atom. The smallest absolute Gasteiger partial charge is 0.294 e. The third-order valence-corrected chi connectivity index (χ3v) is 5.85. The topological polar surface area (TPSA) is 157 Å². The van der Waals surface area contributed by atoms with Crippen LogP contribution in [-0.4, -0.2) is 90.6 Å². The van der Waals surface area contributed by atoms with Gasteiger partial charge in [-0.3, -0.25) is 15.0 Å². The van der Waals surface area contributed by atoms with Gasteiger partial charge in [0.1, 0.15) is 17.9 Å². The molecule has 5 N–H and O–H groups in total. The maximum absolute atomic E-state index is 11.4. The number of aliphatic hydroxyl groups is 4. The molecule has 1 aliphatic heterocycles. The number of hydrogen-bond donors (Lipinski definition) is 5. The SMILES string of the molecule is O=[N+]([O-])c1cc(-n2cccn2)ccc1NCCCCCCN1C[C@H](O)[C@@H](O)[C@H](O)[C@H]1CO. The lowest BCUT2D eigenvalue weighted by atomic mass is 9.94. The Hall–Kier alpha value is -2.57. The molecule has 0 bridgehead atoms. The number of hydrogen-bond acceptors (Lipinski definition) is 9. The molecule has 176 valence electrons. The van der Waals surface area contributed by atoms with Gasteiger partial charge >= 0.3 is 0 Å². The summed E-state index contributed by atoms with van der Waals surface area (Å²) in [6.45, 7) is 1.12. The molecule has 2 aromatic rings. The van der Waals surface area contributed by atoms with Gasteiger partial charge in [0, 0.05) is 31.5 Å². The lowest BCUT2D eigenvalue weighted by molar-refractivity contribution is -0.383. The first kappa shape index (κ1) is 24.1. The van der Waals surface area contributed by atoms with Crippen molar-refractivity contribution in [3.8, 4) is 5.69 Å². The molecule has 2 heterocycles. The van der Waals surface area contributed by atoms with E-state index in [0.717, 1.165) is 25.7 Å². The van der Waals surface area contributed by atoms with E-state index in [2.05, 4.69) is 10.4 Å². The van der Waals surface area contributed by atoms with Crippen LogP contribution in [0, 0.1) is 10.1 Å². The normalized spacial score (nSPS) is 23.9. The van der Waals surface area contributed by atoms with Crippen LogP contribution in [0.5, 0.6) is 0 Å². The molecular formula is C21H31N5O6. The molecule has 3 rings (SSSR count). The predicted octanol–water partition coefficient (Wildman–Crippen LogP) is 0.512. The van der Waals surface area contributed by atoms with Gasteiger partial charge in [-0.25, -0.2) is 4.68 Å². The summed E-state index contributed by atoms with van der Waals surface area (Å²) in [5.74, 6) is 0. The highest BCUT2D eigenvalue weighted by Crippen LogP contribution is 2.27. The third-order valence-electron chi connectivity index (χ3n) is 5.85. The van der Waals surface area contributed by atoms with Crippen molar-refractivity contribution in [2.45, 2.75) is 50.0 Å². The molecule has 0 spiro atoms. The van der Waals surface area contributed by atoms with Gasteiger partial charge in [0.15, 0.2) is 0 Å². The standard InChI is InChI=1S/C21H31N5O6/c27-14-18-20(29)21(30)19(28)13-24(18)10-4-2-1-3-8-22-16-7-6-15(12-17(16)26(31)32)25-11-5-9-23-25/h5-7,9,11-12,18-22,27-30H,1-4,8,10,13-14H2/t18-,19+,20-,21-/m1/s1. The number of unbranched alkanes of at least 4 members (excludes halogenated alkanes) is 3. The molecule has 0 radical (unpaired) electrons. The first-order valence-corrected chi connectivity index (χ1v) is 10.8. The van der Waals surface area contributed by atoms with Crippen molar-refractivity contribution in [3.05, 3.63) is 46.8 Å². The fourth-order valence-electron chi connectivity index (χ4n) is 4.04. The molecule has 1 aromatic carbocycles. The maximum Gasteiger partial charge on any atom is 0.294 e. The first-order chi connectivity index (χ1) is 15.4. The monoisotopic (exact) mass is 449 g/mol. The van der Waals surface area contributed by atoms with Gasteiger partial charge in [0.05, 0.1) is 29.4 Å². The van der Waals surface area contributed by atoms with Crippen LogP contribution in [0.25, 0.3) is 5.69 Å². The van der Waals surface area contributed by atoms with Crippen LogP contribution in [0.2, 0.25) is 0 Å². The van der Waals surface area contributed by atoms with Crippen LogP contribution < -0.4 is 5.32 Å². The minimum atomic E-state index is -1.24. The summed E-state index contributed by atoms with van der Waals surface area (Å²) >= 11 is 0. The van der Waals surface area contributed by atoms with Crippen LogP contribution in [0.15, 0.2) is 36.7 Å². The molecule has 1 aliphatic rings. The van der Waals surface area contributed by atoms with Gasteiger partial charge in [0.2, 0.25) is 0 Å². The molecular weight excluding hydrogens is 418 g/mol. The molecule has 1 saturated heterocycles. The Morgan fingerprint density at radius 3 is 2.62 bits per heavy atom. The van der Waals surface area contributed by atoms with E-state index in [9.17, 15) is 30.5 Å². The Morgan fingerprint density at radius 1 is 1.16 bits per heavy atom. The van der Waals surface area contributed by atoms with Gasteiger partial charge < -0.3 is 25.7 Å². The van der Waals surface area contributed by atoms with Crippen molar-refractivity contribution in [2.75, 3.05) is 31.6 Å². The van der Waals surface area contributed by atoms with E-state index in [1.54, 1.807) is 35.3 Å². The highest BCUT2D eigenvalue weighted by atomic mass is 16.6. The fraction of sp³-hybridized carbons (Fsp3) is 0.571. The van der Waals surface area contributed by atoms with Gasteiger partial charge in [-0.15, -0.1) is 0 Å². The van der Waals surface area contributed by atoms with Crippen LogP contribution >= 0.6 is 0 Å². The number of piperidine rings is 1. The summed E-state index contributed by atoms with van der Waals surface area (Å²) in [6.07, 6.45) is 3.31. The molecule has 32 heavy (non-hydrogen) atoms. The molecule has 0 amide bonds. The average molecular weight is 450 g/mol. The minimum Gasteiger partial charge on any atom is -0.395 e. The molecule has 1 fully saturated rings. The molecule has 11 heteroatoms. The number of aromatic nitrogens is 2. The van der Waals surface area contributed by atoms with Crippen molar-refractivity contribution in [1.29, 1.82) is 0 Å². The van der Waals surface area contributed by atoms with Crippen LogP contribution in [0.3, 0.4) is 0 Å². The largest absolute Gasteiger partial charge is 0.395 e. The zero-order valence-electron chi connectivity index (χ0n) is 17.8. The van der Waals surface area contributed by atoms with E-state index in [1.807, 2.05) is 4.90 Å². The zero-order valence-corrected chi connectivity index (χ0v) is 17.8. The number of nitro groups is 1. The van der Waals surface area contributed by atoms with E-state index >= 15 is 0 Å². The minimum absolute atomic E-state index is 0.00236. The van der Waals surface area contributed by atoms with Crippen molar-refractivity contribution in [2.24, 2.45) is 0 Å². The number of anilines is 1. The molecule has 11 nitrogen and oxygen atoms in total. The van der Waals surface area contributed by atoms with E-state index < -0.39 is 29.3 Å². The quantitative estimate of drug-likeness (QED) is 0.187. The van der Waals surface area contributed by atoms with Crippen molar-refractivity contribution >= 4 is 11.4 Å². The Balaban J connectivity index is 1.41. The molecule has 0 aliphatic carbocycles. The highest BCUT2D eigenvalue weighted by molar-refractivity contribution is 5.65. The highest BCUT2D eigenvalue weighted by Gasteiger charge is 2.40. The summed E-state index contributed by atoms with van der Waals surface area (Å²) in [4.78, 5) is 12.8. The lowest BCUT2D eigenvalue weighted by Gasteiger charge is -2.43. The summed E-state index contributed by atoms with van der Waals surface area (Å²) in [6, 6.07) is 6.12. The third kappa shape index (κ3) is 5.81. The summed E-state index contributed by atoms with van der Waals surface area (Å²) < 4.78 is 1.57. The second-order valence-electron chi connectivity index (χ2n) is 8.04. The molecule has 1 aromatic heterocycles. The van der Waals surface area contributed by atoms with Crippen molar-refractivity contribution in [1.82, 2.24) is 14.7 Å². The fourth-order valence-corrected chi connectivity index (χ4v) is 4.04. The maximum atomic E-state index is 11.4. The molecule has 0 saturated carbocycles. The zero-order chi connectivity index (χ0) is 23.1. The predicted molar refractivity (Wildman–Crippen MR) is 118 cm³/mol. The Labute approximate surface area is 186 Å². The number of nitrogens with zero attached hydrogens (tertiary/aromatic N) is 4. The number of likely N-dealkylation sites (tertiary alicyclic amines) is 1. The van der Waals surface area contributed by atoms with E-state index in [0.29, 0.717) is 24.5 Å². The number of aliphatic hydroxyl groups excluding tert-OH is 4. The number of nitro benzene ring substituents is 1. The van der Waals surface area contributed by atoms with Gasteiger partial charge in [-0.1, -0.05) is 12.8 Å². The van der Waals surface area contributed by atoms with Crippen LogP contribution in [0.1, 0.15) is 25.7 Å². The van der Waals surface area contributed by atoms with E-state index in [4.69, 9.17) is 0 Å². The van der Waals surface area contributed by atoms with Gasteiger partial charge in [-0.05, 0) is 37.6 Å². The Kier molecular flexibility index (Phi) is 8.53. The number of benzene rings is 1. The van der Waals surface area contributed by atoms with Crippen LogP contribution in [-0.2, 0) is 0 Å². The van der Waals surface area contributed by atoms with Crippen molar-refractivity contribution in [3.63, 3.8) is 0 Å². The average Bonchev–Trinajstić information content (AvgIpc) is 3.32. The number of nitrogens with one attached hydrogen (secondary N) is 1. The summed E-state index contributed by atoms with van der Waals surface area (Å²) in [7, 11) is 0. The Bertz CT molecular complexity index is 864. The number of β-amino-alcohol motifs (C(OH)–C–C–N with tert-alkyl or cyclic N) is 1. The molecule has 4 atom stereocenters. The second-order valence-corrected chi connectivity index (χ2v) is 8.04. The molecule has 0 unspecified atom stereocenters.